The number of hydrogen-bond acceptors (Lipinski definition) is 8. The molecule has 0 aliphatic heterocycles. The van der Waals surface area contributed by atoms with Gasteiger partial charge < -0.3 is 24.3 Å². The molecule has 37 heavy (non-hydrogen) atoms. The first kappa shape index (κ1) is 39.8. The van der Waals surface area contributed by atoms with Crippen LogP contribution in [0.4, 0.5) is 11.6 Å². The Morgan fingerprint density at radius 1 is 0.568 bits per heavy atom. The van der Waals surface area contributed by atoms with Gasteiger partial charge in [0.05, 0.1) is 11.1 Å². The van der Waals surface area contributed by atoms with E-state index >= 15 is 0 Å². The summed E-state index contributed by atoms with van der Waals surface area (Å²) >= 11 is 0. The summed E-state index contributed by atoms with van der Waals surface area (Å²) in [6, 6.07) is 10.7. The molecule has 0 amide bonds. The molecule has 2 heterocycles. The van der Waals surface area contributed by atoms with Crippen molar-refractivity contribution in [1.82, 2.24) is 9.97 Å². The normalized spacial score (nSPS) is 11.4. The van der Waals surface area contributed by atoms with Gasteiger partial charge in [0.2, 0.25) is 11.8 Å². The number of rotatable bonds is 4. The van der Waals surface area contributed by atoms with Crippen molar-refractivity contribution >= 4 is 11.6 Å². The second kappa shape index (κ2) is 15.0. The van der Waals surface area contributed by atoms with Gasteiger partial charge in [-0.3, -0.25) is 10.4 Å². The van der Waals surface area contributed by atoms with Crippen LogP contribution in [0.5, 0.6) is 11.8 Å². The Hall–Kier alpha value is -1.70. The summed E-state index contributed by atoms with van der Waals surface area (Å²) in [4.78, 5) is 8.56. The van der Waals surface area contributed by atoms with E-state index in [1.807, 2.05) is 95.2 Å². The van der Waals surface area contributed by atoms with E-state index in [0.29, 0.717) is 23.4 Å². The average Bonchev–Trinajstić information content (AvgIpc) is 2.63. The first-order chi connectivity index (χ1) is 15.2. The molecule has 9 heteroatoms. The predicted molar refractivity (Wildman–Crippen MR) is 150 cm³/mol. The first-order valence-electron chi connectivity index (χ1n) is 11.5. The van der Waals surface area contributed by atoms with Crippen LogP contribution < -0.4 is 19.6 Å². The Labute approximate surface area is 245 Å². The van der Waals surface area contributed by atoms with Crippen molar-refractivity contribution in [2.75, 3.05) is 10.1 Å². The van der Waals surface area contributed by atoms with Crippen molar-refractivity contribution in [1.29, 1.82) is 0 Å². The Kier molecular flexibility index (Phi) is 16.2. The summed E-state index contributed by atoms with van der Waals surface area (Å²) in [5.74, 6) is 2.00. The zero-order valence-corrected chi connectivity index (χ0v) is 27.9. The standard InChI is InChI=1S/2C13H22N2O2.2CH3.Zr/c2*1-12(2,3)15(16)10-8-7-9-11(14-10)17-13(4,5)6;;;/h2*7-9,16H,1-6H3;2*1H3;/q;;2*-1;+3. The molecule has 2 aromatic rings. The van der Waals surface area contributed by atoms with Gasteiger partial charge >= 0.3 is 26.2 Å². The summed E-state index contributed by atoms with van der Waals surface area (Å²) in [6.45, 7) is 23.2. The molecule has 2 aromatic heterocycles. The second-order valence-electron chi connectivity index (χ2n) is 12.1. The van der Waals surface area contributed by atoms with Gasteiger partial charge in [-0.2, -0.15) is 9.97 Å². The SMILES string of the molecule is CC(C)(C)Oc1cccc(N(O)C(C)(C)C)n1.CC(C)(C)Oc1cccc(N(O)C(C)(C)C)n1.[CH3-].[CH3-].[Zr+3]. The molecule has 0 atom stereocenters. The maximum absolute atomic E-state index is 10.00. The second-order valence-corrected chi connectivity index (χ2v) is 12.1. The van der Waals surface area contributed by atoms with E-state index < -0.39 is 11.1 Å². The van der Waals surface area contributed by atoms with E-state index in [4.69, 9.17) is 9.47 Å². The van der Waals surface area contributed by atoms with Crippen molar-refractivity contribution in [3.05, 3.63) is 51.3 Å². The van der Waals surface area contributed by atoms with Gasteiger partial charge in [-0.05, 0) is 95.2 Å². The largest absolute Gasteiger partial charge is 3.00 e. The molecule has 8 nitrogen and oxygen atoms in total. The quantitative estimate of drug-likeness (QED) is 0.278. The van der Waals surface area contributed by atoms with Crippen molar-refractivity contribution in [2.24, 2.45) is 0 Å². The maximum atomic E-state index is 10.00. The van der Waals surface area contributed by atoms with Crippen LogP contribution in [0.15, 0.2) is 36.4 Å². The molecule has 1 radical (unpaired) electrons. The summed E-state index contributed by atoms with van der Waals surface area (Å²) in [6.07, 6.45) is 0. The maximum Gasteiger partial charge on any atom is 3.00 e. The zero-order chi connectivity index (χ0) is 26.5. The van der Waals surface area contributed by atoms with Crippen molar-refractivity contribution in [3.8, 4) is 11.8 Å². The molecule has 0 saturated heterocycles. The van der Waals surface area contributed by atoms with E-state index in [0.717, 1.165) is 10.1 Å². The predicted octanol–water partition coefficient (Wildman–Crippen LogP) is 7.40. The molecule has 0 saturated carbocycles. The van der Waals surface area contributed by atoms with Crippen LogP contribution in [0.3, 0.4) is 0 Å². The monoisotopic (exact) mass is 596 g/mol. The Morgan fingerprint density at radius 3 is 1.05 bits per heavy atom. The molecule has 0 unspecified atom stereocenters. The number of aromatic nitrogens is 2. The first-order valence-corrected chi connectivity index (χ1v) is 11.5. The van der Waals surface area contributed by atoms with Gasteiger partial charge in [0.15, 0.2) is 11.6 Å². The molecule has 0 aromatic carbocycles. The minimum absolute atomic E-state index is 0. The number of ether oxygens (including phenoxy) is 2. The molecular weight excluding hydrogens is 548 g/mol. The third-order valence-electron chi connectivity index (χ3n) is 3.94. The fourth-order valence-electron chi connectivity index (χ4n) is 2.47. The molecule has 0 aliphatic rings. The zero-order valence-electron chi connectivity index (χ0n) is 25.5. The van der Waals surface area contributed by atoms with Gasteiger partial charge in [0.25, 0.3) is 0 Å². The topological polar surface area (TPSA) is 91.2 Å². The van der Waals surface area contributed by atoms with Gasteiger partial charge in [-0.25, -0.2) is 10.1 Å². The fourth-order valence-corrected chi connectivity index (χ4v) is 2.47. The molecular formula is C28H50N4O4Zr+. The smallest absolute Gasteiger partial charge is 0.472 e. The van der Waals surface area contributed by atoms with Crippen LogP contribution in [0.25, 0.3) is 0 Å². The van der Waals surface area contributed by atoms with E-state index in [9.17, 15) is 10.4 Å². The average molecular weight is 598 g/mol. The number of hydrogen-bond donors (Lipinski definition) is 2. The molecule has 2 N–H and O–H groups in total. The molecule has 209 valence electrons. The van der Waals surface area contributed by atoms with Crippen molar-refractivity contribution < 1.29 is 46.1 Å². The van der Waals surface area contributed by atoms with Crippen LogP contribution in [-0.4, -0.2) is 42.7 Å². The molecule has 0 aliphatic carbocycles. The third-order valence-corrected chi connectivity index (χ3v) is 3.94. The van der Waals surface area contributed by atoms with Crippen molar-refractivity contribution in [2.45, 2.75) is 105 Å². The van der Waals surface area contributed by atoms with Crippen molar-refractivity contribution in [3.63, 3.8) is 0 Å². The number of hydroxylamine groups is 2. The Balaban J connectivity index is -0.000000578. The Bertz CT molecular complexity index is 838. The van der Waals surface area contributed by atoms with E-state index in [1.165, 1.54) is 0 Å². The molecule has 0 bridgehead atoms. The molecule has 0 spiro atoms. The van der Waals surface area contributed by atoms with Gasteiger partial charge in [0, 0.05) is 12.1 Å². The molecule has 0 fully saturated rings. The summed E-state index contributed by atoms with van der Waals surface area (Å²) in [7, 11) is 0. The number of anilines is 2. The van der Waals surface area contributed by atoms with Gasteiger partial charge in [-0.15, -0.1) is 0 Å². The summed E-state index contributed by atoms with van der Waals surface area (Å²) < 4.78 is 11.3. The fraction of sp³-hybridized carbons (Fsp3) is 0.571. The van der Waals surface area contributed by atoms with E-state index in [1.54, 1.807) is 24.3 Å². The van der Waals surface area contributed by atoms with Crippen LogP contribution in [-0.2, 0) is 26.2 Å². The number of pyridine rings is 2. The minimum Gasteiger partial charge on any atom is -0.472 e. The van der Waals surface area contributed by atoms with Crippen LogP contribution in [0, 0.1) is 14.9 Å². The van der Waals surface area contributed by atoms with Gasteiger partial charge in [-0.1, -0.05) is 12.1 Å². The Morgan fingerprint density at radius 2 is 0.838 bits per heavy atom. The van der Waals surface area contributed by atoms with Crippen LogP contribution in [0.2, 0.25) is 0 Å². The summed E-state index contributed by atoms with van der Waals surface area (Å²) in [5, 5.41) is 22.3. The molecule has 2 rings (SSSR count). The minimum atomic E-state index is -0.395. The number of nitrogens with zero attached hydrogens (tertiary/aromatic N) is 4. The van der Waals surface area contributed by atoms with Crippen LogP contribution in [0.1, 0.15) is 83.1 Å². The summed E-state index contributed by atoms with van der Waals surface area (Å²) in [5.41, 5.74) is -1.39. The van der Waals surface area contributed by atoms with E-state index in [2.05, 4.69) is 9.97 Å². The van der Waals surface area contributed by atoms with Gasteiger partial charge in [0.1, 0.15) is 11.2 Å². The third kappa shape index (κ3) is 15.3. The van der Waals surface area contributed by atoms with E-state index in [-0.39, 0.29) is 52.3 Å². The van der Waals surface area contributed by atoms with Crippen LogP contribution >= 0.6 is 0 Å².